The number of allylic oxidation sites excluding steroid dienone is 1. The van der Waals surface area contributed by atoms with Crippen molar-refractivity contribution in [2.24, 2.45) is 15.7 Å². The smallest absolute Gasteiger partial charge is 0.326 e. The van der Waals surface area contributed by atoms with Crippen molar-refractivity contribution in [1.29, 1.82) is 5.41 Å². The topological polar surface area (TPSA) is 109 Å². The Morgan fingerprint density at radius 2 is 1.93 bits per heavy atom. The van der Waals surface area contributed by atoms with Crippen molar-refractivity contribution in [2.45, 2.75) is 26.1 Å². The molecule has 0 spiro atoms. The molecule has 0 aliphatic carbocycles. The molecule has 1 rings (SSSR count). The van der Waals surface area contributed by atoms with Crippen LogP contribution in [-0.4, -0.2) is 39.3 Å². The lowest BCUT2D eigenvalue weighted by Gasteiger charge is -2.06. The summed E-state index contributed by atoms with van der Waals surface area (Å²) >= 11 is 3.05. The molecule has 1 aromatic rings. The molecular weight excluding hydrogens is 461 g/mol. The summed E-state index contributed by atoms with van der Waals surface area (Å²) < 4.78 is 57.8. The van der Waals surface area contributed by atoms with E-state index in [1.54, 1.807) is 6.07 Å². The molecule has 0 bridgehead atoms. The molecule has 0 aromatic heterocycles. The van der Waals surface area contributed by atoms with E-state index < -0.39 is 21.6 Å². The minimum absolute atomic E-state index is 0.0949. The lowest BCUT2D eigenvalue weighted by Crippen LogP contribution is -2.06. The number of nitrogens with two attached hydrogens (primary N) is 1. The van der Waals surface area contributed by atoms with Gasteiger partial charge >= 0.3 is 6.18 Å². The number of nitrogens with one attached hydrogen (secondary N) is 1. The SMILES string of the molecule is C=C(Br)/C=N\C/N=C/S(C)(=O)=O.CCC=N.NCc1cccc(C(F)(F)F)c1. The van der Waals surface area contributed by atoms with E-state index in [4.69, 9.17) is 11.1 Å². The zero-order valence-corrected chi connectivity index (χ0v) is 18.0. The zero-order valence-electron chi connectivity index (χ0n) is 15.6. The summed E-state index contributed by atoms with van der Waals surface area (Å²) in [5.41, 5.74) is 5.91. The number of nitrogens with zero attached hydrogens (tertiary/aromatic N) is 2. The van der Waals surface area contributed by atoms with Crippen LogP contribution < -0.4 is 5.73 Å². The quantitative estimate of drug-likeness (QED) is 0.466. The fourth-order valence-electron chi connectivity index (χ4n) is 1.23. The van der Waals surface area contributed by atoms with E-state index in [2.05, 4.69) is 32.5 Å². The van der Waals surface area contributed by atoms with Gasteiger partial charge in [-0.3, -0.25) is 9.98 Å². The van der Waals surface area contributed by atoms with Gasteiger partial charge in [0.2, 0.25) is 0 Å². The summed E-state index contributed by atoms with van der Waals surface area (Å²) in [6.07, 6.45) is 0.494. The Hall–Kier alpha value is -1.85. The van der Waals surface area contributed by atoms with E-state index in [-0.39, 0.29) is 13.2 Å². The molecule has 0 amide bonds. The number of hydrogen-bond acceptors (Lipinski definition) is 6. The molecule has 0 fully saturated rings. The summed E-state index contributed by atoms with van der Waals surface area (Å²) in [4.78, 5) is 7.28. The molecule has 0 heterocycles. The standard InChI is InChI=1S/C8H8F3N.C6H9BrN2O2S.C3H7N/c9-8(10,11)7-3-1-2-6(4-7)5-12;1-6(7)3-8-4-9-5-12(2,10)11;1-2-3-4/h1-4H,5,12H2;3,5H,1,4H2,2H3;3-4H,2H2,1H3/b;8-3-,9-5+;. The Bertz CT molecular complexity index is 764. The maximum Gasteiger partial charge on any atom is 0.416 e. The first kappa shape index (κ1) is 28.4. The molecule has 6 nitrogen and oxygen atoms in total. The second-order valence-electron chi connectivity index (χ2n) is 5.03. The van der Waals surface area contributed by atoms with E-state index >= 15 is 0 Å². The molecule has 0 saturated heterocycles. The number of hydrogen-bond donors (Lipinski definition) is 2. The van der Waals surface area contributed by atoms with Crippen molar-refractivity contribution in [3.05, 3.63) is 46.5 Å². The average molecular weight is 485 g/mol. The summed E-state index contributed by atoms with van der Waals surface area (Å²) in [5, 5.41) is 6.33. The largest absolute Gasteiger partial charge is 0.416 e. The lowest BCUT2D eigenvalue weighted by molar-refractivity contribution is -0.137. The van der Waals surface area contributed by atoms with Crippen LogP contribution in [0.1, 0.15) is 24.5 Å². The molecule has 0 saturated carbocycles. The Morgan fingerprint density at radius 3 is 2.32 bits per heavy atom. The molecule has 0 aliphatic rings. The van der Waals surface area contributed by atoms with E-state index in [1.165, 1.54) is 18.5 Å². The maximum atomic E-state index is 12.1. The molecule has 0 unspecified atom stereocenters. The second-order valence-corrected chi connectivity index (χ2v) is 7.92. The maximum absolute atomic E-state index is 12.1. The first-order valence-corrected chi connectivity index (χ1v) is 10.5. The van der Waals surface area contributed by atoms with Gasteiger partial charge in [-0.1, -0.05) is 31.7 Å². The van der Waals surface area contributed by atoms with Gasteiger partial charge in [-0.15, -0.1) is 0 Å². The number of halogens is 4. The Balaban J connectivity index is 0. The molecule has 28 heavy (non-hydrogen) atoms. The van der Waals surface area contributed by atoms with Gasteiger partial charge in [-0.25, -0.2) is 8.42 Å². The fourth-order valence-corrected chi connectivity index (χ4v) is 1.71. The number of benzene rings is 1. The third kappa shape index (κ3) is 18.9. The Labute approximate surface area is 172 Å². The van der Waals surface area contributed by atoms with Crippen LogP contribution in [0.5, 0.6) is 0 Å². The molecular formula is C17H24BrF3N4O2S. The van der Waals surface area contributed by atoms with E-state index in [1.807, 2.05) is 6.92 Å². The molecule has 3 N–H and O–H groups in total. The highest BCUT2D eigenvalue weighted by atomic mass is 79.9. The van der Waals surface area contributed by atoms with Crippen LogP contribution in [-0.2, 0) is 22.6 Å². The van der Waals surface area contributed by atoms with Crippen LogP contribution in [0.15, 0.2) is 45.3 Å². The van der Waals surface area contributed by atoms with Gasteiger partial charge in [-0.05, 0) is 40.2 Å². The van der Waals surface area contributed by atoms with Crippen molar-refractivity contribution in [3.63, 3.8) is 0 Å². The van der Waals surface area contributed by atoms with Crippen molar-refractivity contribution < 1.29 is 21.6 Å². The van der Waals surface area contributed by atoms with E-state index in [0.717, 1.165) is 30.4 Å². The minimum atomic E-state index is -4.27. The lowest BCUT2D eigenvalue weighted by atomic mass is 10.1. The third-order valence-corrected chi connectivity index (χ3v) is 3.09. The molecule has 0 atom stereocenters. The van der Waals surface area contributed by atoms with Gasteiger partial charge in [-0.2, -0.15) is 13.2 Å². The van der Waals surface area contributed by atoms with Gasteiger partial charge in [0, 0.05) is 23.5 Å². The third-order valence-electron chi connectivity index (χ3n) is 2.35. The Morgan fingerprint density at radius 1 is 1.36 bits per heavy atom. The monoisotopic (exact) mass is 484 g/mol. The molecule has 0 radical (unpaired) electrons. The highest BCUT2D eigenvalue weighted by Crippen LogP contribution is 2.29. The van der Waals surface area contributed by atoms with Gasteiger partial charge in [0.1, 0.15) is 12.2 Å². The van der Waals surface area contributed by atoms with Crippen molar-refractivity contribution >= 4 is 43.7 Å². The van der Waals surface area contributed by atoms with Crippen LogP contribution in [0.25, 0.3) is 0 Å². The Kier molecular flexibility index (Phi) is 15.3. The van der Waals surface area contributed by atoms with Crippen LogP contribution in [0.3, 0.4) is 0 Å². The number of sulfone groups is 1. The highest BCUT2D eigenvalue weighted by molar-refractivity contribution is 9.12. The number of rotatable bonds is 6. The molecule has 11 heteroatoms. The average Bonchev–Trinajstić information content (AvgIpc) is 2.60. The normalized spacial score (nSPS) is 11.4. The minimum Gasteiger partial charge on any atom is -0.326 e. The summed E-state index contributed by atoms with van der Waals surface area (Å²) in [6, 6.07) is 5.00. The molecule has 158 valence electrons. The summed E-state index contributed by atoms with van der Waals surface area (Å²) in [6.45, 7) is 5.66. The van der Waals surface area contributed by atoms with Crippen LogP contribution in [0.4, 0.5) is 13.2 Å². The second kappa shape index (κ2) is 15.1. The fraction of sp³-hybridized carbons (Fsp3) is 0.353. The van der Waals surface area contributed by atoms with Crippen LogP contribution in [0, 0.1) is 5.41 Å². The zero-order chi connectivity index (χ0) is 22.2. The predicted molar refractivity (Wildman–Crippen MR) is 113 cm³/mol. The van der Waals surface area contributed by atoms with Crippen LogP contribution >= 0.6 is 15.9 Å². The summed E-state index contributed by atoms with van der Waals surface area (Å²) in [5.74, 6) is 0. The summed E-state index contributed by atoms with van der Waals surface area (Å²) in [7, 11) is -3.12. The first-order valence-electron chi connectivity index (χ1n) is 7.76. The van der Waals surface area contributed by atoms with Gasteiger partial charge < -0.3 is 11.1 Å². The van der Waals surface area contributed by atoms with Crippen LogP contribution in [0.2, 0.25) is 0 Å². The number of alkyl halides is 3. The van der Waals surface area contributed by atoms with E-state index in [0.29, 0.717) is 10.0 Å². The van der Waals surface area contributed by atoms with Gasteiger partial charge in [0.05, 0.1) is 5.56 Å². The molecule has 0 aliphatic heterocycles. The van der Waals surface area contributed by atoms with Gasteiger partial charge in [0.25, 0.3) is 0 Å². The molecule has 1 aromatic carbocycles. The van der Waals surface area contributed by atoms with Crippen molar-refractivity contribution in [1.82, 2.24) is 0 Å². The first-order chi connectivity index (χ1) is 12.9. The predicted octanol–water partition coefficient (Wildman–Crippen LogP) is 4.21. The number of aliphatic imine (C=N–C) groups is 2. The van der Waals surface area contributed by atoms with Crippen molar-refractivity contribution in [2.75, 3.05) is 12.9 Å². The van der Waals surface area contributed by atoms with Crippen molar-refractivity contribution in [3.8, 4) is 0 Å². The van der Waals surface area contributed by atoms with E-state index in [9.17, 15) is 21.6 Å². The van der Waals surface area contributed by atoms with Gasteiger partial charge in [0.15, 0.2) is 9.84 Å². The highest BCUT2D eigenvalue weighted by Gasteiger charge is 2.30.